The van der Waals surface area contributed by atoms with Crippen molar-refractivity contribution in [3.8, 4) is 5.75 Å². The van der Waals surface area contributed by atoms with Gasteiger partial charge in [-0.3, -0.25) is 23.7 Å². The molecule has 2 heterocycles. The van der Waals surface area contributed by atoms with E-state index >= 15 is 0 Å². The van der Waals surface area contributed by atoms with Crippen molar-refractivity contribution in [2.45, 2.75) is 58.5 Å². The summed E-state index contributed by atoms with van der Waals surface area (Å²) in [4.78, 5) is 35.3. The summed E-state index contributed by atoms with van der Waals surface area (Å²) in [5.41, 5.74) is 6.95. The molecule has 3 atom stereocenters. The zero-order valence-corrected chi connectivity index (χ0v) is 24.5. The van der Waals surface area contributed by atoms with Crippen LogP contribution in [0.15, 0.2) is 41.0 Å². The van der Waals surface area contributed by atoms with E-state index in [0.717, 1.165) is 18.4 Å². The molecule has 2 fully saturated rings. The Kier molecular flexibility index (Phi) is 7.61. The van der Waals surface area contributed by atoms with Crippen LogP contribution >= 0.6 is 7.60 Å². The molecule has 0 aliphatic heterocycles. The molecular weight excluding hydrogens is 549 g/mol. The van der Waals surface area contributed by atoms with E-state index in [2.05, 4.69) is 21.9 Å². The van der Waals surface area contributed by atoms with E-state index in [1.807, 2.05) is 12.1 Å². The summed E-state index contributed by atoms with van der Waals surface area (Å²) in [5, 5.41) is 10.3. The van der Waals surface area contributed by atoms with Crippen LogP contribution in [0.1, 0.15) is 52.5 Å². The van der Waals surface area contributed by atoms with Gasteiger partial charge in [-0.15, -0.1) is 0 Å². The lowest BCUT2D eigenvalue weighted by Crippen LogP contribution is -2.24. The van der Waals surface area contributed by atoms with Gasteiger partial charge < -0.3 is 20.1 Å². The number of rotatable bonds is 12. The second kappa shape index (κ2) is 10.7. The molecule has 4 N–H and O–H groups in total. The number of fused-ring (bicyclic) bond motifs is 1. The lowest BCUT2D eigenvalue weighted by atomic mass is 9.99. The van der Waals surface area contributed by atoms with Gasteiger partial charge in [-0.1, -0.05) is 26.0 Å². The number of benzene rings is 1. The maximum Gasteiger partial charge on any atom is 0.380 e. The summed E-state index contributed by atoms with van der Waals surface area (Å²) >= 11 is 0. The number of nitrogens with one attached hydrogen (secondary N) is 1. The molecule has 2 aliphatic carbocycles. The van der Waals surface area contributed by atoms with Crippen LogP contribution in [0.4, 0.5) is 5.95 Å². The highest BCUT2D eigenvalue weighted by atomic mass is 31.2. The molecule has 5 rings (SSSR count). The van der Waals surface area contributed by atoms with Gasteiger partial charge in [0.2, 0.25) is 5.95 Å². The van der Waals surface area contributed by atoms with Gasteiger partial charge in [0.1, 0.15) is 12.1 Å². The Morgan fingerprint density at radius 3 is 2.61 bits per heavy atom. The largest absolute Gasteiger partial charge is 0.463 e. The summed E-state index contributed by atoms with van der Waals surface area (Å²) in [6.07, 6.45) is 5.31. The number of hydrogen-bond acceptors (Lipinski definition) is 10. The molecule has 0 saturated heterocycles. The summed E-state index contributed by atoms with van der Waals surface area (Å²) in [7, 11) is -3.89. The van der Waals surface area contributed by atoms with Crippen molar-refractivity contribution in [1.82, 2.24) is 19.5 Å². The molecule has 0 spiro atoms. The van der Waals surface area contributed by atoms with Crippen LogP contribution in [0.3, 0.4) is 0 Å². The Labute approximate surface area is 237 Å². The zero-order chi connectivity index (χ0) is 29.6. The number of ether oxygens (including phenoxy) is 1. The molecule has 220 valence electrons. The maximum atomic E-state index is 14.1. The summed E-state index contributed by atoms with van der Waals surface area (Å²) in [6.45, 7) is 6.92. The highest BCUT2D eigenvalue weighted by Crippen LogP contribution is 2.58. The van der Waals surface area contributed by atoms with E-state index in [1.54, 1.807) is 43.7 Å². The lowest BCUT2D eigenvalue weighted by molar-refractivity contribution is -0.151. The van der Waals surface area contributed by atoms with Crippen LogP contribution in [0.5, 0.6) is 5.75 Å². The number of carbonyl (C=O) groups is 1. The van der Waals surface area contributed by atoms with Crippen molar-refractivity contribution < 1.29 is 28.3 Å². The number of imidazole rings is 1. The van der Waals surface area contributed by atoms with E-state index in [0.29, 0.717) is 12.2 Å². The minimum absolute atomic E-state index is 0.0438. The first kappa shape index (κ1) is 29.0. The molecule has 3 aromatic rings. The highest BCUT2D eigenvalue weighted by Gasteiger charge is 2.51. The second-order valence-corrected chi connectivity index (χ2v) is 13.7. The number of hydrogen-bond donors (Lipinski definition) is 3. The highest BCUT2D eigenvalue weighted by molar-refractivity contribution is 7.54. The third-order valence-electron chi connectivity index (χ3n) is 7.72. The third kappa shape index (κ3) is 6.24. The fraction of sp³-hybridized carbons (Fsp3) is 0.500. The van der Waals surface area contributed by atoms with Crippen LogP contribution < -0.4 is 15.8 Å². The first-order valence-corrected chi connectivity index (χ1v) is 15.4. The summed E-state index contributed by atoms with van der Waals surface area (Å²) in [5.74, 6) is -0.923. The topological polar surface area (TPSA) is 172 Å². The van der Waals surface area contributed by atoms with E-state index in [4.69, 9.17) is 19.5 Å². The van der Waals surface area contributed by atoms with Gasteiger partial charge in [0.25, 0.3) is 5.56 Å². The first-order valence-electron chi connectivity index (χ1n) is 13.6. The monoisotopic (exact) mass is 585 g/mol. The van der Waals surface area contributed by atoms with Gasteiger partial charge in [0.05, 0.1) is 31.4 Å². The van der Waals surface area contributed by atoms with Gasteiger partial charge >= 0.3 is 13.6 Å². The van der Waals surface area contributed by atoms with Gasteiger partial charge in [0.15, 0.2) is 11.2 Å². The summed E-state index contributed by atoms with van der Waals surface area (Å²) in [6, 6.07) is 7.45. The standard InChI is InChI=1S/C28H36N5O7P/c1-17(2)39-25(36)18(3)13-41(37,40-21-7-5-19(6-8-21)27(4)9-10-27)38-15-28(14-34)11-20(28)12-33-16-30-22-23(33)31-26(29)32-24(22)35/h5-8,12,16-18,34H,9-11,13-15H2,1-4H3,(H3,29,31,32,35)/b20-12-/t18-,28+,41+/m1/s1. The van der Waals surface area contributed by atoms with Crippen LogP contribution in [-0.2, 0) is 24.0 Å². The number of aliphatic hydroxyl groups is 1. The molecule has 2 saturated carbocycles. The second-order valence-electron chi connectivity index (χ2n) is 11.7. The number of aliphatic hydroxyl groups excluding tert-OH is 1. The number of aromatic amines is 1. The SMILES string of the molecule is CC(C)OC(=O)[C@H](C)C[P@](=O)(OC[C@@]1(CO)C/C1=C/n1cnc2c(=O)[nH]c(N)nc21)Oc1ccc(C2(C)CC2)cc1. The molecule has 0 amide bonds. The van der Waals surface area contributed by atoms with Crippen molar-refractivity contribution >= 4 is 36.9 Å². The molecule has 12 nitrogen and oxygen atoms in total. The Morgan fingerprint density at radius 2 is 1.98 bits per heavy atom. The van der Waals surface area contributed by atoms with Crippen LogP contribution in [0, 0.1) is 11.3 Å². The number of aromatic nitrogens is 4. The fourth-order valence-corrected chi connectivity index (χ4v) is 6.65. The number of anilines is 1. The van der Waals surface area contributed by atoms with Crippen LogP contribution in [-0.4, -0.2) is 56.1 Å². The molecule has 2 aromatic heterocycles. The molecular formula is C28H36N5O7P. The van der Waals surface area contributed by atoms with Crippen molar-refractivity contribution in [3.63, 3.8) is 0 Å². The molecule has 41 heavy (non-hydrogen) atoms. The van der Waals surface area contributed by atoms with E-state index < -0.39 is 30.5 Å². The molecule has 13 heteroatoms. The number of nitrogens with two attached hydrogens (primary N) is 1. The Hall–Kier alpha value is -3.47. The van der Waals surface area contributed by atoms with Crippen molar-refractivity contribution in [3.05, 3.63) is 52.1 Å². The number of H-pyrrole nitrogens is 1. The van der Waals surface area contributed by atoms with E-state index in [-0.39, 0.29) is 48.0 Å². The van der Waals surface area contributed by atoms with Crippen molar-refractivity contribution in [2.75, 3.05) is 25.1 Å². The zero-order valence-electron chi connectivity index (χ0n) is 23.6. The average molecular weight is 586 g/mol. The predicted octanol–water partition coefficient (Wildman–Crippen LogP) is 3.85. The number of nitrogen functional groups attached to an aromatic ring is 1. The van der Waals surface area contributed by atoms with Gasteiger partial charge in [-0.25, -0.2) is 9.55 Å². The van der Waals surface area contributed by atoms with Crippen molar-refractivity contribution in [2.24, 2.45) is 11.3 Å². The normalized spacial score (nSPS) is 22.4. The van der Waals surface area contributed by atoms with E-state index in [9.17, 15) is 19.3 Å². The first-order chi connectivity index (χ1) is 19.4. The van der Waals surface area contributed by atoms with Gasteiger partial charge in [-0.2, -0.15) is 4.98 Å². The maximum absolute atomic E-state index is 14.1. The van der Waals surface area contributed by atoms with Crippen LogP contribution in [0.2, 0.25) is 0 Å². The third-order valence-corrected chi connectivity index (χ3v) is 9.72. The molecule has 0 radical (unpaired) electrons. The lowest BCUT2D eigenvalue weighted by Gasteiger charge is -2.24. The smallest absolute Gasteiger partial charge is 0.380 e. The van der Waals surface area contributed by atoms with Gasteiger partial charge in [0, 0.05) is 11.6 Å². The average Bonchev–Trinajstić information content (AvgIpc) is 3.78. The fourth-order valence-electron chi connectivity index (χ4n) is 4.71. The predicted molar refractivity (Wildman–Crippen MR) is 153 cm³/mol. The molecule has 2 aliphatic rings. The van der Waals surface area contributed by atoms with E-state index in [1.165, 1.54) is 11.9 Å². The number of carbonyl (C=O) groups excluding carboxylic acids is 1. The number of nitrogens with zero attached hydrogens (tertiary/aromatic N) is 3. The quantitative estimate of drug-likeness (QED) is 0.209. The Bertz CT molecular complexity index is 1590. The Balaban J connectivity index is 1.35. The molecule has 0 bridgehead atoms. The molecule has 1 aromatic carbocycles. The van der Waals surface area contributed by atoms with Gasteiger partial charge in [-0.05, 0) is 61.8 Å². The minimum Gasteiger partial charge on any atom is -0.463 e. The Morgan fingerprint density at radius 1 is 1.27 bits per heavy atom. The summed E-state index contributed by atoms with van der Waals surface area (Å²) < 4.78 is 32.9. The minimum atomic E-state index is -3.89. The van der Waals surface area contributed by atoms with Crippen LogP contribution in [0.25, 0.3) is 17.4 Å². The number of esters is 1. The van der Waals surface area contributed by atoms with Crippen molar-refractivity contribution in [1.29, 1.82) is 0 Å². The molecule has 0 unspecified atom stereocenters.